The fraction of sp³-hybridized carbons (Fsp3) is 0.105. The molecule has 0 atom stereocenters. The highest BCUT2D eigenvalue weighted by Gasteiger charge is 2.22. The minimum Gasteiger partial charge on any atom is -0.301 e. The Morgan fingerprint density at radius 3 is 2.14 bits per heavy atom. The minimum atomic E-state index is -2.93. The van der Waals surface area contributed by atoms with Crippen molar-refractivity contribution in [3.8, 4) is 22.4 Å². The van der Waals surface area contributed by atoms with Gasteiger partial charge in [0.25, 0.3) is 12.0 Å². The summed E-state index contributed by atoms with van der Waals surface area (Å²) in [6, 6.07) is 7.13. The number of rotatable bonds is 4. The van der Waals surface area contributed by atoms with Gasteiger partial charge >= 0.3 is 0 Å². The van der Waals surface area contributed by atoms with E-state index in [1.54, 1.807) is 0 Å². The van der Waals surface area contributed by atoms with Gasteiger partial charge in [0.05, 0.1) is 17.3 Å². The average Bonchev–Trinajstić information content (AvgIpc) is 2.62. The van der Waals surface area contributed by atoms with E-state index in [0.29, 0.717) is 10.6 Å². The maximum absolute atomic E-state index is 14.0. The number of halogens is 7. The summed E-state index contributed by atoms with van der Waals surface area (Å²) >= 11 is 11.9. The molecule has 3 aromatic rings. The van der Waals surface area contributed by atoms with Crippen LogP contribution in [0.25, 0.3) is 22.4 Å². The molecular weight excluding hydrogens is 424 g/mol. The third-order valence-electron chi connectivity index (χ3n) is 3.97. The van der Waals surface area contributed by atoms with E-state index in [4.69, 9.17) is 23.2 Å². The number of hydrogen-bond acceptors (Lipinski definition) is 1. The Morgan fingerprint density at radius 1 is 0.893 bits per heavy atom. The molecule has 0 fully saturated rings. The molecule has 0 saturated heterocycles. The summed E-state index contributed by atoms with van der Waals surface area (Å²) in [4.78, 5) is 12.4. The summed E-state index contributed by atoms with van der Waals surface area (Å²) in [6.07, 6.45) is -2.93. The van der Waals surface area contributed by atoms with E-state index in [1.807, 2.05) is 0 Å². The molecule has 0 aliphatic heterocycles. The molecule has 0 unspecified atom stereocenters. The highest BCUT2D eigenvalue weighted by atomic mass is 35.5. The van der Waals surface area contributed by atoms with Crippen molar-refractivity contribution in [2.75, 3.05) is 0 Å². The van der Waals surface area contributed by atoms with Gasteiger partial charge in [-0.15, -0.1) is 0 Å². The molecule has 9 heteroatoms. The molecule has 1 heterocycles. The summed E-state index contributed by atoms with van der Waals surface area (Å²) in [5.74, 6) is -2.65. The maximum Gasteiger partial charge on any atom is 0.270 e. The fourth-order valence-corrected chi connectivity index (χ4v) is 3.24. The van der Waals surface area contributed by atoms with Gasteiger partial charge in [0, 0.05) is 17.2 Å². The van der Waals surface area contributed by atoms with Gasteiger partial charge in [-0.05, 0) is 42.0 Å². The lowest BCUT2D eigenvalue weighted by Crippen LogP contribution is -2.26. The quantitative estimate of drug-likeness (QED) is 0.356. The van der Waals surface area contributed by atoms with Crippen LogP contribution in [0, 0.1) is 17.5 Å². The Bertz CT molecular complexity index is 1100. The zero-order valence-electron chi connectivity index (χ0n) is 13.8. The molecule has 2 aromatic carbocycles. The molecule has 0 N–H and O–H groups in total. The number of alkyl halides is 2. The Balaban J connectivity index is 2.44. The van der Waals surface area contributed by atoms with Crippen molar-refractivity contribution >= 4 is 23.2 Å². The molecule has 0 bridgehead atoms. The van der Waals surface area contributed by atoms with Gasteiger partial charge in [0.15, 0.2) is 0 Å². The van der Waals surface area contributed by atoms with Crippen molar-refractivity contribution in [1.29, 1.82) is 0 Å². The van der Waals surface area contributed by atoms with E-state index in [0.717, 1.165) is 24.3 Å². The van der Waals surface area contributed by atoms with Crippen molar-refractivity contribution in [2.24, 2.45) is 0 Å². The van der Waals surface area contributed by atoms with Crippen molar-refractivity contribution in [2.45, 2.75) is 13.0 Å². The van der Waals surface area contributed by atoms with Crippen molar-refractivity contribution in [3.63, 3.8) is 0 Å². The number of benzene rings is 2. The summed E-state index contributed by atoms with van der Waals surface area (Å²) < 4.78 is 68.0. The molecule has 0 aliphatic carbocycles. The van der Waals surface area contributed by atoms with Crippen molar-refractivity contribution in [1.82, 2.24) is 4.57 Å². The number of aromatic nitrogens is 1. The monoisotopic (exact) mass is 433 g/mol. The van der Waals surface area contributed by atoms with Gasteiger partial charge < -0.3 is 4.57 Å². The van der Waals surface area contributed by atoms with Crippen LogP contribution in [-0.4, -0.2) is 11.0 Å². The van der Waals surface area contributed by atoms with Gasteiger partial charge in [0.2, 0.25) is 0 Å². The van der Waals surface area contributed by atoms with Crippen molar-refractivity contribution < 1.29 is 22.0 Å². The predicted molar refractivity (Wildman–Crippen MR) is 97.5 cm³/mol. The van der Waals surface area contributed by atoms with Crippen LogP contribution in [0.5, 0.6) is 0 Å². The predicted octanol–water partition coefficient (Wildman–Crippen LogP) is 6.17. The standard InChI is InChI=1S/C19H10Cl2F5NO/c20-14-7-13(12-5-11(23)6-15(24)17(12)21)18(9-1-3-10(22)4-2-9)27(19(14)28)8-16(25)26/h1-7,16H,8H2. The Hall–Kier alpha value is -2.38. The molecule has 0 spiro atoms. The molecule has 3 rings (SSSR count). The van der Waals surface area contributed by atoms with E-state index in [9.17, 15) is 26.7 Å². The molecular formula is C19H10Cl2F5NO. The molecule has 2 nitrogen and oxygen atoms in total. The van der Waals surface area contributed by atoms with Crippen LogP contribution in [0.2, 0.25) is 10.0 Å². The highest BCUT2D eigenvalue weighted by molar-refractivity contribution is 6.34. The van der Waals surface area contributed by atoms with Gasteiger partial charge in [0.1, 0.15) is 22.5 Å². The molecule has 0 radical (unpaired) electrons. The van der Waals surface area contributed by atoms with Gasteiger partial charge in [-0.25, -0.2) is 22.0 Å². The lowest BCUT2D eigenvalue weighted by atomic mass is 9.98. The summed E-state index contributed by atoms with van der Waals surface area (Å²) in [7, 11) is 0. The molecule has 0 aliphatic rings. The molecule has 1 aromatic heterocycles. The van der Waals surface area contributed by atoms with Gasteiger partial charge in [-0.2, -0.15) is 0 Å². The maximum atomic E-state index is 14.0. The first-order chi connectivity index (χ1) is 13.2. The van der Waals surface area contributed by atoms with Crippen LogP contribution in [0.1, 0.15) is 0 Å². The summed E-state index contributed by atoms with van der Waals surface area (Å²) in [5.41, 5.74) is -1.14. The third kappa shape index (κ3) is 3.91. The first-order valence-corrected chi connectivity index (χ1v) is 8.57. The SMILES string of the molecule is O=c1c(Cl)cc(-c2cc(F)cc(F)c2Cl)c(-c2ccc(F)cc2)n1CC(F)F. The lowest BCUT2D eigenvalue weighted by molar-refractivity contribution is 0.126. The smallest absolute Gasteiger partial charge is 0.270 e. The Labute approximate surface area is 165 Å². The second kappa shape index (κ2) is 7.93. The largest absolute Gasteiger partial charge is 0.301 e. The number of pyridine rings is 1. The minimum absolute atomic E-state index is 0.0553. The van der Waals surface area contributed by atoms with Crippen molar-refractivity contribution in [3.05, 3.63) is 80.3 Å². The van der Waals surface area contributed by atoms with Crippen LogP contribution in [0.15, 0.2) is 47.3 Å². The van der Waals surface area contributed by atoms with E-state index in [1.165, 1.54) is 12.1 Å². The van der Waals surface area contributed by atoms with Crippen LogP contribution in [-0.2, 0) is 6.54 Å². The van der Waals surface area contributed by atoms with Crippen LogP contribution in [0.4, 0.5) is 22.0 Å². The normalized spacial score (nSPS) is 11.3. The molecule has 28 heavy (non-hydrogen) atoms. The molecule has 146 valence electrons. The Kier molecular flexibility index (Phi) is 5.76. The van der Waals surface area contributed by atoms with Gasteiger partial charge in [-0.3, -0.25) is 4.79 Å². The van der Waals surface area contributed by atoms with Crippen LogP contribution in [0.3, 0.4) is 0 Å². The number of hydrogen-bond donors (Lipinski definition) is 0. The zero-order valence-corrected chi connectivity index (χ0v) is 15.3. The van der Waals surface area contributed by atoms with E-state index in [2.05, 4.69) is 0 Å². The summed E-state index contributed by atoms with van der Waals surface area (Å²) in [6.45, 7) is -1.03. The lowest BCUT2D eigenvalue weighted by Gasteiger charge is -2.19. The van der Waals surface area contributed by atoms with E-state index in [-0.39, 0.29) is 22.4 Å². The highest BCUT2D eigenvalue weighted by Crippen LogP contribution is 2.38. The average molecular weight is 434 g/mol. The summed E-state index contributed by atoms with van der Waals surface area (Å²) in [5, 5.41) is -0.926. The second-order valence-electron chi connectivity index (χ2n) is 5.82. The molecule has 0 saturated carbocycles. The van der Waals surface area contributed by atoms with E-state index >= 15 is 0 Å². The first kappa shape index (κ1) is 20.4. The van der Waals surface area contributed by atoms with Crippen LogP contribution >= 0.6 is 23.2 Å². The zero-order chi connectivity index (χ0) is 20.6. The topological polar surface area (TPSA) is 22.0 Å². The fourth-order valence-electron chi connectivity index (χ4n) is 2.82. The van der Waals surface area contributed by atoms with Crippen LogP contribution < -0.4 is 5.56 Å². The van der Waals surface area contributed by atoms with Gasteiger partial charge in [-0.1, -0.05) is 23.2 Å². The number of nitrogens with zero attached hydrogens (tertiary/aromatic N) is 1. The molecule has 0 amide bonds. The second-order valence-corrected chi connectivity index (χ2v) is 6.60. The van der Waals surface area contributed by atoms with E-state index < -0.39 is 46.0 Å². The Morgan fingerprint density at radius 2 is 1.54 bits per heavy atom. The third-order valence-corrected chi connectivity index (χ3v) is 4.62. The first-order valence-electron chi connectivity index (χ1n) is 7.81.